The highest BCUT2D eigenvalue weighted by Gasteiger charge is 2.43. The van der Waals surface area contributed by atoms with Gasteiger partial charge in [-0.2, -0.15) is 4.31 Å². The van der Waals surface area contributed by atoms with Crippen LogP contribution in [0.1, 0.15) is 24.8 Å². The second-order valence-electron chi connectivity index (χ2n) is 6.49. The highest BCUT2D eigenvalue weighted by atomic mass is 32.2. The van der Waals surface area contributed by atoms with Crippen molar-refractivity contribution in [3.8, 4) is 0 Å². The molecule has 2 atom stereocenters. The Labute approximate surface area is 136 Å². The van der Waals surface area contributed by atoms with E-state index in [0.29, 0.717) is 4.90 Å². The van der Waals surface area contributed by atoms with E-state index in [1.54, 1.807) is 22.6 Å². The van der Waals surface area contributed by atoms with Crippen LogP contribution in [0, 0.1) is 6.92 Å². The number of nitrogens with zero attached hydrogens (tertiary/aromatic N) is 2. The second kappa shape index (κ2) is 5.54. The molecule has 2 fully saturated rings. The van der Waals surface area contributed by atoms with Gasteiger partial charge in [-0.05, 0) is 56.5 Å². The van der Waals surface area contributed by atoms with Gasteiger partial charge in [-0.1, -0.05) is 6.07 Å². The molecule has 2 aromatic rings. The molecule has 2 aliphatic heterocycles. The van der Waals surface area contributed by atoms with Crippen LogP contribution in [0.4, 0.5) is 0 Å². The minimum absolute atomic E-state index is 0.0699. The molecule has 4 rings (SSSR count). The molecule has 0 saturated carbocycles. The van der Waals surface area contributed by atoms with E-state index >= 15 is 0 Å². The van der Waals surface area contributed by atoms with Gasteiger partial charge in [-0.25, -0.2) is 8.42 Å². The Balaban J connectivity index is 1.88. The third-order valence-electron chi connectivity index (χ3n) is 5.07. The van der Waals surface area contributed by atoms with Gasteiger partial charge in [0.1, 0.15) is 0 Å². The van der Waals surface area contributed by atoms with E-state index < -0.39 is 10.0 Å². The molecule has 2 bridgehead atoms. The second-order valence-corrected chi connectivity index (χ2v) is 8.30. The van der Waals surface area contributed by atoms with Gasteiger partial charge in [0.15, 0.2) is 0 Å². The number of nitrogens with one attached hydrogen (secondary N) is 1. The first-order valence-electron chi connectivity index (χ1n) is 8.17. The number of benzene rings is 1. The SMILES string of the molecule is Cc1ccc(S(=O)(=O)N2C3CCNCC2CC3)c2cccnc12. The van der Waals surface area contributed by atoms with Crippen LogP contribution >= 0.6 is 0 Å². The maximum Gasteiger partial charge on any atom is 0.244 e. The van der Waals surface area contributed by atoms with Gasteiger partial charge in [0.25, 0.3) is 0 Å². The highest BCUT2D eigenvalue weighted by Crippen LogP contribution is 2.36. The Bertz CT molecular complexity index is 836. The summed E-state index contributed by atoms with van der Waals surface area (Å²) in [5.41, 5.74) is 1.77. The van der Waals surface area contributed by atoms with Crippen molar-refractivity contribution in [1.29, 1.82) is 0 Å². The summed E-state index contributed by atoms with van der Waals surface area (Å²) >= 11 is 0. The molecular formula is C17H21N3O2S. The Morgan fingerprint density at radius 2 is 2.00 bits per heavy atom. The number of sulfonamides is 1. The smallest absolute Gasteiger partial charge is 0.244 e. The van der Waals surface area contributed by atoms with Crippen LogP contribution in [0.3, 0.4) is 0 Å². The average molecular weight is 331 g/mol. The summed E-state index contributed by atoms with van der Waals surface area (Å²) < 4.78 is 28.6. The van der Waals surface area contributed by atoms with Crippen LogP contribution in [0.25, 0.3) is 10.9 Å². The van der Waals surface area contributed by atoms with E-state index in [2.05, 4.69) is 10.3 Å². The van der Waals surface area contributed by atoms with Crippen molar-refractivity contribution >= 4 is 20.9 Å². The first kappa shape index (κ1) is 15.1. The lowest BCUT2D eigenvalue weighted by Crippen LogP contribution is -2.42. The molecule has 0 amide bonds. The first-order chi connectivity index (χ1) is 11.1. The normalized spacial score (nSPS) is 25.6. The molecule has 122 valence electrons. The minimum Gasteiger partial charge on any atom is -0.315 e. The van der Waals surface area contributed by atoms with Crippen LogP contribution in [-0.2, 0) is 10.0 Å². The Morgan fingerprint density at radius 1 is 1.17 bits per heavy atom. The molecule has 5 nitrogen and oxygen atoms in total. The summed E-state index contributed by atoms with van der Waals surface area (Å²) in [6.07, 6.45) is 4.51. The molecule has 1 N–H and O–H groups in total. The van der Waals surface area contributed by atoms with E-state index in [1.807, 2.05) is 19.1 Å². The molecule has 3 heterocycles. The van der Waals surface area contributed by atoms with Crippen LogP contribution in [-0.4, -0.2) is 42.9 Å². The predicted octanol–water partition coefficient (Wildman–Crippen LogP) is 2.06. The number of hydrogen-bond acceptors (Lipinski definition) is 4. The number of aryl methyl sites for hydroxylation is 1. The molecule has 0 radical (unpaired) electrons. The minimum atomic E-state index is -3.51. The fraction of sp³-hybridized carbons (Fsp3) is 0.471. The van der Waals surface area contributed by atoms with E-state index in [-0.39, 0.29) is 12.1 Å². The molecule has 0 spiro atoms. The lowest BCUT2D eigenvalue weighted by Gasteiger charge is -2.27. The van der Waals surface area contributed by atoms with Crippen molar-refractivity contribution in [3.63, 3.8) is 0 Å². The summed E-state index contributed by atoms with van der Waals surface area (Å²) in [7, 11) is -3.51. The first-order valence-corrected chi connectivity index (χ1v) is 9.61. The molecular weight excluding hydrogens is 310 g/mol. The summed E-state index contributed by atoms with van der Waals surface area (Å²) in [6, 6.07) is 7.46. The van der Waals surface area contributed by atoms with Crippen molar-refractivity contribution in [2.24, 2.45) is 0 Å². The third-order valence-corrected chi connectivity index (χ3v) is 7.14. The summed E-state index contributed by atoms with van der Waals surface area (Å²) in [5.74, 6) is 0. The van der Waals surface area contributed by atoms with E-state index in [4.69, 9.17) is 0 Å². The Morgan fingerprint density at radius 3 is 2.87 bits per heavy atom. The zero-order valence-corrected chi connectivity index (χ0v) is 14.0. The van der Waals surface area contributed by atoms with Crippen LogP contribution in [0.2, 0.25) is 0 Å². The summed E-state index contributed by atoms with van der Waals surface area (Å²) in [5, 5.41) is 4.09. The number of hydrogen-bond donors (Lipinski definition) is 1. The van der Waals surface area contributed by atoms with Crippen molar-refractivity contribution < 1.29 is 8.42 Å². The van der Waals surface area contributed by atoms with Gasteiger partial charge in [0, 0.05) is 30.2 Å². The van der Waals surface area contributed by atoms with Gasteiger partial charge in [-0.3, -0.25) is 4.98 Å². The van der Waals surface area contributed by atoms with E-state index in [1.165, 1.54) is 0 Å². The fourth-order valence-electron chi connectivity index (χ4n) is 3.96. The molecule has 23 heavy (non-hydrogen) atoms. The fourth-order valence-corrected chi connectivity index (χ4v) is 6.04. The largest absolute Gasteiger partial charge is 0.315 e. The van der Waals surface area contributed by atoms with Gasteiger partial charge in [0.05, 0.1) is 10.4 Å². The molecule has 0 aliphatic carbocycles. The Kier molecular flexibility index (Phi) is 3.63. The van der Waals surface area contributed by atoms with E-state index in [9.17, 15) is 8.42 Å². The molecule has 2 saturated heterocycles. The number of rotatable bonds is 2. The Hall–Kier alpha value is -1.50. The van der Waals surface area contributed by atoms with Crippen molar-refractivity contribution in [2.75, 3.05) is 13.1 Å². The monoisotopic (exact) mass is 331 g/mol. The van der Waals surface area contributed by atoms with Crippen molar-refractivity contribution in [3.05, 3.63) is 36.0 Å². The zero-order valence-electron chi connectivity index (χ0n) is 13.2. The van der Waals surface area contributed by atoms with E-state index in [0.717, 1.165) is 48.8 Å². The maximum absolute atomic E-state index is 13.4. The maximum atomic E-state index is 13.4. The number of pyridine rings is 1. The van der Waals surface area contributed by atoms with Gasteiger partial charge < -0.3 is 5.32 Å². The van der Waals surface area contributed by atoms with Crippen molar-refractivity contribution in [2.45, 2.75) is 43.2 Å². The lowest BCUT2D eigenvalue weighted by molar-refractivity contribution is 0.335. The average Bonchev–Trinajstić information content (AvgIpc) is 2.81. The molecule has 2 unspecified atom stereocenters. The van der Waals surface area contributed by atoms with Gasteiger partial charge in [0.2, 0.25) is 10.0 Å². The van der Waals surface area contributed by atoms with Crippen LogP contribution in [0.15, 0.2) is 35.4 Å². The summed E-state index contributed by atoms with van der Waals surface area (Å²) in [6.45, 7) is 3.60. The molecule has 6 heteroatoms. The van der Waals surface area contributed by atoms with Gasteiger partial charge >= 0.3 is 0 Å². The topological polar surface area (TPSA) is 62.3 Å². The summed E-state index contributed by atoms with van der Waals surface area (Å²) in [4.78, 5) is 4.77. The highest BCUT2D eigenvalue weighted by molar-refractivity contribution is 7.89. The van der Waals surface area contributed by atoms with Crippen LogP contribution in [0.5, 0.6) is 0 Å². The molecule has 1 aromatic heterocycles. The third kappa shape index (κ3) is 2.36. The van der Waals surface area contributed by atoms with Crippen LogP contribution < -0.4 is 5.32 Å². The van der Waals surface area contributed by atoms with Gasteiger partial charge in [-0.15, -0.1) is 0 Å². The lowest BCUT2D eigenvalue weighted by atomic mass is 10.1. The number of fused-ring (bicyclic) bond motifs is 3. The zero-order chi connectivity index (χ0) is 16.0. The standard InChI is InChI=1S/C17H21N3O2S/c1-12-4-7-16(15-3-2-9-19-17(12)15)23(21,22)20-13-5-6-14(20)11-18-10-8-13/h2-4,7,9,13-14,18H,5-6,8,10-11H2,1H3. The quantitative estimate of drug-likeness (QED) is 0.915. The molecule has 2 aliphatic rings. The predicted molar refractivity (Wildman–Crippen MR) is 89.8 cm³/mol. The molecule has 1 aromatic carbocycles. The number of aromatic nitrogens is 1. The van der Waals surface area contributed by atoms with Crippen molar-refractivity contribution in [1.82, 2.24) is 14.6 Å².